The largest absolute Gasteiger partial charge is 0.497 e. The van der Waals surface area contributed by atoms with E-state index in [1.165, 1.54) is 0 Å². The minimum Gasteiger partial charge on any atom is -0.497 e. The summed E-state index contributed by atoms with van der Waals surface area (Å²) < 4.78 is 10.6. The van der Waals surface area contributed by atoms with Gasteiger partial charge in [0.2, 0.25) is 0 Å². The monoisotopic (exact) mass is 206 g/mol. The summed E-state index contributed by atoms with van der Waals surface area (Å²) in [4.78, 5) is 0. The maximum absolute atomic E-state index is 9.63. The number of aliphatic hydroxyl groups is 1. The summed E-state index contributed by atoms with van der Waals surface area (Å²) in [6.07, 6.45) is 0.125. The van der Waals surface area contributed by atoms with Gasteiger partial charge in [-0.05, 0) is 30.7 Å². The molecule has 3 nitrogen and oxygen atoms in total. The van der Waals surface area contributed by atoms with Gasteiger partial charge in [-0.3, -0.25) is 0 Å². The first kappa shape index (κ1) is 10.1. The van der Waals surface area contributed by atoms with E-state index in [1.807, 2.05) is 31.2 Å². The highest BCUT2D eigenvalue weighted by Crippen LogP contribution is 2.28. The normalized spacial score (nSPS) is 13.0. The average molecular weight is 206 g/mol. The number of benzene rings is 1. The highest BCUT2D eigenvalue weighted by Gasteiger charge is 2.11. The van der Waals surface area contributed by atoms with Crippen LogP contribution in [0, 0.1) is 0 Å². The molecular weight excluding hydrogens is 192 g/mol. The van der Waals surface area contributed by atoms with Crippen molar-refractivity contribution in [3.8, 4) is 5.75 Å². The van der Waals surface area contributed by atoms with E-state index in [4.69, 9.17) is 9.15 Å². The smallest absolute Gasteiger partial charge is 0.134 e. The molecule has 80 valence electrons. The van der Waals surface area contributed by atoms with E-state index in [9.17, 15) is 5.11 Å². The first-order valence-corrected chi connectivity index (χ1v) is 5.00. The van der Waals surface area contributed by atoms with Gasteiger partial charge in [-0.15, -0.1) is 0 Å². The van der Waals surface area contributed by atoms with Gasteiger partial charge in [-0.2, -0.15) is 0 Å². The van der Waals surface area contributed by atoms with Crippen molar-refractivity contribution in [1.82, 2.24) is 0 Å². The second kappa shape index (κ2) is 3.95. The van der Waals surface area contributed by atoms with Crippen molar-refractivity contribution in [2.75, 3.05) is 7.11 Å². The summed E-state index contributed by atoms with van der Waals surface area (Å²) in [6.45, 7) is 1.92. The zero-order chi connectivity index (χ0) is 10.8. The van der Waals surface area contributed by atoms with Crippen LogP contribution in [0.25, 0.3) is 11.0 Å². The van der Waals surface area contributed by atoms with Gasteiger partial charge in [0, 0.05) is 5.39 Å². The van der Waals surface area contributed by atoms with Gasteiger partial charge in [-0.25, -0.2) is 0 Å². The van der Waals surface area contributed by atoms with Gasteiger partial charge < -0.3 is 14.3 Å². The molecule has 0 spiro atoms. The molecule has 0 saturated heterocycles. The molecule has 2 aromatic rings. The summed E-state index contributed by atoms with van der Waals surface area (Å²) >= 11 is 0. The number of aliphatic hydroxyl groups excluding tert-OH is 1. The minimum atomic E-state index is -0.525. The molecule has 1 N–H and O–H groups in total. The van der Waals surface area contributed by atoms with E-state index in [0.29, 0.717) is 12.2 Å². The Morgan fingerprint density at radius 2 is 2.20 bits per heavy atom. The van der Waals surface area contributed by atoms with Crippen LogP contribution in [0.3, 0.4) is 0 Å². The molecule has 1 unspecified atom stereocenters. The molecule has 1 heterocycles. The van der Waals surface area contributed by atoms with E-state index in [-0.39, 0.29) is 0 Å². The first-order chi connectivity index (χ1) is 7.24. The molecule has 2 rings (SSSR count). The molecule has 1 atom stereocenters. The van der Waals surface area contributed by atoms with Gasteiger partial charge in [0.05, 0.1) is 7.11 Å². The zero-order valence-corrected chi connectivity index (χ0v) is 8.86. The fourth-order valence-corrected chi connectivity index (χ4v) is 1.53. The summed E-state index contributed by atoms with van der Waals surface area (Å²) in [5, 5.41) is 10.6. The van der Waals surface area contributed by atoms with Crippen molar-refractivity contribution in [3.63, 3.8) is 0 Å². The van der Waals surface area contributed by atoms with E-state index < -0.39 is 6.10 Å². The van der Waals surface area contributed by atoms with Gasteiger partial charge in [0.1, 0.15) is 23.2 Å². The standard InChI is InChI=1S/C12H14O3/c1-3-10(13)12-7-8-6-9(14-2)4-5-11(8)15-12/h4-7,10,13H,3H2,1-2H3. The van der Waals surface area contributed by atoms with Crippen molar-refractivity contribution in [3.05, 3.63) is 30.0 Å². The Bertz CT molecular complexity index is 459. The van der Waals surface area contributed by atoms with Crippen LogP contribution in [0.2, 0.25) is 0 Å². The van der Waals surface area contributed by atoms with Crippen LogP contribution in [-0.2, 0) is 0 Å². The van der Waals surface area contributed by atoms with E-state index in [1.54, 1.807) is 7.11 Å². The Morgan fingerprint density at radius 3 is 2.87 bits per heavy atom. The second-order valence-corrected chi connectivity index (χ2v) is 3.48. The third kappa shape index (κ3) is 1.83. The van der Waals surface area contributed by atoms with Crippen molar-refractivity contribution in [2.45, 2.75) is 19.4 Å². The maximum atomic E-state index is 9.63. The Balaban J connectivity index is 2.46. The van der Waals surface area contributed by atoms with E-state index in [0.717, 1.165) is 16.7 Å². The second-order valence-electron chi connectivity index (χ2n) is 3.48. The highest BCUT2D eigenvalue weighted by atomic mass is 16.5. The van der Waals surface area contributed by atoms with Crippen LogP contribution >= 0.6 is 0 Å². The molecule has 0 amide bonds. The van der Waals surface area contributed by atoms with Crippen molar-refractivity contribution in [2.24, 2.45) is 0 Å². The Hall–Kier alpha value is -1.48. The summed E-state index contributed by atoms with van der Waals surface area (Å²) in [6, 6.07) is 7.44. The fourth-order valence-electron chi connectivity index (χ4n) is 1.53. The lowest BCUT2D eigenvalue weighted by Gasteiger charge is -2.00. The summed E-state index contributed by atoms with van der Waals surface area (Å²) in [5.41, 5.74) is 0.776. The summed E-state index contributed by atoms with van der Waals surface area (Å²) in [7, 11) is 1.63. The van der Waals surface area contributed by atoms with Gasteiger partial charge >= 0.3 is 0 Å². The molecule has 0 aliphatic heterocycles. The minimum absolute atomic E-state index is 0.525. The van der Waals surface area contributed by atoms with Gasteiger partial charge in [0.25, 0.3) is 0 Å². The SMILES string of the molecule is CCC(O)c1cc2cc(OC)ccc2o1. The summed E-state index contributed by atoms with van der Waals surface area (Å²) in [5.74, 6) is 1.40. The molecule has 0 radical (unpaired) electrons. The molecule has 3 heteroatoms. The lowest BCUT2D eigenvalue weighted by atomic mass is 10.2. The van der Waals surface area contributed by atoms with Gasteiger partial charge in [0.15, 0.2) is 0 Å². The van der Waals surface area contributed by atoms with Crippen LogP contribution < -0.4 is 4.74 Å². The molecule has 0 aliphatic carbocycles. The predicted molar refractivity (Wildman–Crippen MR) is 58.0 cm³/mol. The Kier molecular flexibility index (Phi) is 2.64. The molecular formula is C12H14O3. The van der Waals surface area contributed by atoms with Crippen LogP contribution in [0.4, 0.5) is 0 Å². The van der Waals surface area contributed by atoms with Crippen molar-refractivity contribution in [1.29, 1.82) is 0 Å². The van der Waals surface area contributed by atoms with Crippen LogP contribution in [0.5, 0.6) is 5.75 Å². The van der Waals surface area contributed by atoms with E-state index >= 15 is 0 Å². The number of hydrogen-bond acceptors (Lipinski definition) is 3. The van der Waals surface area contributed by atoms with Gasteiger partial charge in [-0.1, -0.05) is 6.92 Å². The fraction of sp³-hybridized carbons (Fsp3) is 0.333. The molecule has 0 bridgehead atoms. The number of ether oxygens (including phenoxy) is 1. The lowest BCUT2D eigenvalue weighted by molar-refractivity contribution is 0.148. The number of rotatable bonds is 3. The van der Waals surface area contributed by atoms with Crippen molar-refractivity contribution >= 4 is 11.0 Å². The molecule has 0 fully saturated rings. The third-order valence-corrected chi connectivity index (χ3v) is 2.46. The average Bonchev–Trinajstić information content (AvgIpc) is 2.70. The molecule has 15 heavy (non-hydrogen) atoms. The van der Waals surface area contributed by atoms with Crippen LogP contribution in [0.15, 0.2) is 28.7 Å². The predicted octanol–water partition coefficient (Wildman–Crippen LogP) is 2.88. The number of fused-ring (bicyclic) bond motifs is 1. The van der Waals surface area contributed by atoms with E-state index in [2.05, 4.69) is 0 Å². The molecule has 1 aromatic carbocycles. The molecule has 0 aliphatic rings. The number of methoxy groups -OCH3 is 1. The van der Waals surface area contributed by atoms with Crippen LogP contribution in [0.1, 0.15) is 25.2 Å². The molecule has 1 aromatic heterocycles. The maximum Gasteiger partial charge on any atom is 0.134 e. The number of furan rings is 1. The topological polar surface area (TPSA) is 42.6 Å². The highest BCUT2D eigenvalue weighted by molar-refractivity contribution is 5.79. The third-order valence-electron chi connectivity index (χ3n) is 2.46. The first-order valence-electron chi connectivity index (χ1n) is 5.00. The zero-order valence-electron chi connectivity index (χ0n) is 8.86. The van der Waals surface area contributed by atoms with Crippen LogP contribution in [-0.4, -0.2) is 12.2 Å². The number of hydrogen-bond donors (Lipinski definition) is 1. The quantitative estimate of drug-likeness (QED) is 0.839. The molecule has 0 saturated carbocycles. The van der Waals surface area contributed by atoms with Crippen molar-refractivity contribution < 1.29 is 14.3 Å². The Labute approximate surface area is 88.3 Å². The Morgan fingerprint density at radius 1 is 1.40 bits per heavy atom. The lowest BCUT2D eigenvalue weighted by Crippen LogP contribution is -1.90.